The van der Waals surface area contributed by atoms with Crippen LogP contribution in [-0.4, -0.2) is 173 Å². The van der Waals surface area contributed by atoms with Crippen LogP contribution in [0.4, 0.5) is 0 Å². The molecule has 16 nitrogen and oxygen atoms in total. The third-order valence-corrected chi connectivity index (χ3v) is 9.07. The summed E-state index contributed by atoms with van der Waals surface area (Å²) < 4.78 is 22.5. The fraction of sp³-hybridized carbons (Fsp3) is 0.900. The topological polar surface area (TPSA) is 217 Å². The van der Waals surface area contributed by atoms with E-state index in [0.717, 1.165) is 45.4 Å². The first-order valence-corrected chi connectivity index (χ1v) is 20.9. The van der Waals surface area contributed by atoms with Crippen LogP contribution in [0.3, 0.4) is 0 Å². The molecule has 0 radical (unpaired) electrons. The number of unbranched alkanes of at least 4 members (excludes halogenated alkanes) is 3. The van der Waals surface area contributed by atoms with Crippen molar-refractivity contribution in [2.75, 3.05) is 118 Å². The number of rotatable bonds is 42. The molecule has 0 aliphatic rings. The molecule has 0 saturated heterocycles. The summed E-state index contributed by atoms with van der Waals surface area (Å²) in [4.78, 5) is 52.3. The first kappa shape index (κ1) is 53.9. The van der Waals surface area contributed by atoms with Gasteiger partial charge in [0.2, 0.25) is 0 Å². The van der Waals surface area contributed by atoms with E-state index in [1.165, 1.54) is 0 Å². The molecule has 0 aromatic carbocycles. The number of aliphatic hydroxyl groups is 3. The fourth-order valence-corrected chi connectivity index (χ4v) is 5.36. The van der Waals surface area contributed by atoms with Gasteiger partial charge in [0.25, 0.3) is 0 Å². The molecule has 0 saturated carbocycles. The molecule has 0 amide bonds. The van der Waals surface area contributed by atoms with Crippen LogP contribution >= 0.6 is 0 Å². The lowest BCUT2D eigenvalue weighted by molar-refractivity contribution is -0.145. The molecule has 0 aromatic rings. The molecule has 0 aliphatic heterocycles. The van der Waals surface area contributed by atoms with Crippen LogP contribution < -0.4 is 21.3 Å². The van der Waals surface area contributed by atoms with E-state index in [0.29, 0.717) is 117 Å². The number of ketones is 2. The Morgan fingerprint density at radius 1 is 0.446 bits per heavy atom. The lowest BCUT2D eigenvalue weighted by Crippen LogP contribution is -2.40. The van der Waals surface area contributed by atoms with Gasteiger partial charge in [0.1, 0.15) is 11.2 Å². The van der Waals surface area contributed by atoms with E-state index in [1.807, 2.05) is 0 Å². The van der Waals surface area contributed by atoms with Crippen molar-refractivity contribution in [2.45, 2.75) is 116 Å². The van der Waals surface area contributed by atoms with Crippen LogP contribution in [0.5, 0.6) is 0 Å². The summed E-state index contributed by atoms with van der Waals surface area (Å²) in [6.45, 7) is 15.7. The summed E-state index contributed by atoms with van der Waals surface area (Å²) in [5.41, 5.74) is -1.96. The Morgan fingerprint density at radius 3 is 1.23 bits per heavy atom. The number of esters is 2. The normalized spacial score (nSPS) is 12.0. The highest BCUT2D eigenvalue weighted by molar-refractivity contribution is 5.87. The van der Waals surface area contributed by atoms with Gasteiger partial charge in [0, 0.05) is 71.9 Å². The first-order chi connectivity index (χ1) is 26.9. The molecule has 7 N–H and O–H groups in total. The summed E-state index contributed by atoms with van der Waals surface area (Å²) in [6.07, 6.45) is 6.87. The van der Waals surface area contributed by atoms with Crippen molar-refractivity contribution < 1.29 is 53.4 Å². The Kier molecular flexibility index (Phi) is 34.6. The van der Waals surface area contributed by atoms with E-state index in [-0.39, 0.29) is 56.2 Å². The Bertz CT molecular complexity index is 932. The summed E-state index contributed by atoms with van der Waals surface area (Å²) in [5, 5.41) is 39.4. The molecule has 56 heavy (non-hydrogen) atoms. The van der Waals surface area contributed by atoms with Gasteiger partial charge in [0.05, 0.1) is 39.3 Å². The summed E-state index contributed by atoms with van der Waals surface area (Å²) in [7, 11) is 0. The van der Waals surface area contributed by atoms with Crippen LogP contribution in [0, 0.1) is 0 Å². The maximum Gasteiger partial charge on any atom is 0.307 e. The molecular formula is C40H79N5O11. The molecule has 0 heterocycles. The highest BCUT2D eigenvalue weighted by Crippen LogP contribution is 2.17. The lowest BCUT2D eigenvalue weighted by atomic mass is 9.99. The minimum atomic E-state index is -0.979. The molecule has 0 atom stereocenters. The van der Waals surface area contributed by atoms with Crippen molar-refractivity contribution in [3.63, 3.8) is 0 Å². The highest BCUT2D eigenvalue weighted by atomic mass is 16.5. The molecule has 0 rings (SSSR count). The van der Waals surface area contributed by atoms with E-state index >= 15 is 0 Å². The molecule has 0 spiro atoms. The Hall–Kier alpha value is -2.12. The number of hydrogen-bond acceptors (Lipinski definition) is 16. The van der Waals surface area contributed by atoms with Gasteiger partial charge in [-0.1, -0.05) is 0 Å². The zero-order valence-electron chi connectivity index (χ0n) is 35.3. The lowest BCUT2D eigenvalue weighted by Gasteiger charge is -2.28. The van der Waals surface area contributed by atoms with Crippen molar-refractivity contribution >= 4 is 23.5 Å². The van der Waals surface area contributed by atoms with Gasteiger partial charge in [-0.2, -0.15) is 0 Å². The average Bonchev–Trinajstić information content (AvgIpc) is 3.17. The number of carbonyl (C=O) groups excluding carboxylic acids is 4. The quantitative estimate of drug-likeness (QED) is 0.0340. The van der Waals surface area contributed by atoms with Gasteiger partial charge in [-0.3, -0.25) is 19.2 Å². The van der Waals surface area contributed by atoms with E-state index < -0.39 is 11.2 Å². The summed E-state index contributed by atoms with van der Waals surface area (Å²) in [6, 6.07) is 0. The van der Waals surface area contributed by atoms with Crippen LogP contribution in [0.25, 0.3) is 0 Å². The largest absolute Gasteiger partial charge is 0.466 e. The van der Waals surface area contributed by atoms with E-state index in [2.05, 4.69) is 26.2 Å². The fourth-order valence-electron chi connectivity index (χ4n) is 5.36. The smallest absolute Gasteiger partial charge is 0.307 e. The second kappa shape index (κ2) is 36.0. The van der Waals surface area contributed by atoms with Gasteiger partial charge in [-0.15, -0.1) is 0 Å². The third kappa shape index (κ3) is 31.9. The molecule has 0 unspecified atom stereocenters. The molecule has 0 bridgehead atoms. The van der Waals surface area contributed by atoms with Crippen molar-refractivity contribution in [1.82, 2.24) is 26.2 Å². The number of Topliss-reactive ketones (excluding diaryl/α,β-unsaturated/α-hetero) is 2. The predicted octanol–water partition coefficient (Wildman–Crippen LogP) is 1.12. The van der Waals surface area contributed by atoms with Crippen LogP contribution in [0.15, 0.2) is 0 Å². The van der Waals surface area contributed by atoms with Gasteiger partial charge >= 0.3 is 11.9 Å². The minimum absolute atomic E-state index is 0.0378. The molecular weight excluding hydrogens is 726 g/mol. The minimum Gasteiger partial charge on any atom is -0.466 e. The third-order valence-electron chi connectivity index (χ3n) is 9.07. The standard InChI is InChI=1S/C40H79N5O11/c1-39(2,55-33-9-7-31-53-37(51)13-21-41-17-11-19-43-23-29-47)35(49)15-26-45(25-5-6-28-46)27-16-36(50)40(3,4)56-34-10-8-32-54-38(52)14-22-42-18-12-20-44-24-30-48/h41-44,46-48H,5-34H2,1-4H3. The maximum atomic E-state index is 13.2. The predicted molar refractivity (Wildman–Crippen MR) is 217 cm³/mol. The Balaban J connectivity index is 4.32. The highest BCUT2D eigenvalue weighted by Gasteiger charge is 2.30. The number of nitrogens with one attached hydrogen (secondary N) is 4. The molecule has 330 valence electrons. The van der Waals surface area contributed by atoms with Crippen molar-refractivity contribution in [1.29, 1.82) is 0 Å². The van der Waals surface area contributed by atoms with Crippen LogP contribution in [0.1, 0.15) is 105 Å². The van der Waals surface area contributed by atoms with E-state index in [1.54, 1.807) is 27.7 Å². The first-order valence-electron chi connectivity index (χ1n) is 20.9. The number of hydrogen-bond donors (Lipinski definition) is 7. The Morgan fingerprint density at radius 2 is 0.839 bits per heavy atom. The van der Waals surface area contributed by atoms with Crippen molar-refractivity contribution in [3.05, 3.63) is 0 Å². The Labute approximate surface area is 336 Å². The van der Waals surface area contributed by atoms with Gasteiger partial charge < -0.3 is 60.4 Å². The van der Waals surface area contributed by atoms with Gasteiger partial charge in [-0.05, 0) is 112 Å². The number of carbonyl (C=O) groups is 4. The van der Waals surface area contributed by atoms with Gasteiger partial charge in [0.15, 0.2) is 11.6 Å². The summed E-state index contributed by atoms with van der Waals surface area (Å²) in [5.74, 6) is -0.581. The van der Waals surface area contributed by atoms with Crippen LogP contribution in [0.2, 0.25) is 0 Å². The molecule has 0 aliphatic carbocycles. The number of nitrogens with zero attached hydrogens (tertiary/aromatic N) is 1. The SMILES string of the molecule is CC(C)(OCCCCOC(=O)CCNCCCNCCO)C(=O)CCN(CCCCO)CCC(=O)C(C)(C)OCCCCOC(=O)CCNCCCNCCO. The molecule has 0 fully saturated rings. The zero-order chi connectivity index (χ0) is 41.8. The molecule has 16 heteroatoms. The van der Waals surface area contributed by atoms with Crippen molar-refractivity contribution in [3.8, 4) is 0 Å². The molecule has 0 aromatic heterocycles. The van der Waals surface area contributed by atoms with E-state index in [9.17, 15) is 24.3 Å². The maximum absolute atomic E-state index is 13.2. The summed E-state index contributed by atoms with van der Waals surface area (Å²) >= 11 is 0. The second-order valence-corrected chi connectivity index (χ2v) is 14.8. The van der Waals surface area contributed by atoms with E-state index in [4.69, 9.17) is 29.2 Å². The second-order valence-electron chi connectivity index (χ2n) is 14.8. The van der Waals surface area contributed by atoms with Crippen molar-refractivity contribution in [2.24, 2.45) is 0 Å². The number of ether oxygens (including phenoxy) is 4. The van der Waals surface area contributed by atoms with Crippen LogP contribution in [-0.2, 0) is 38.1 Å². The van der Waals surface area contributed by atoms with Gasteiger partial charge in [-0.25, -0.2) is 0 Å². The zero-order valence-corrected chi connectivity index (χ0v) is 35.3. The number of aliphatic hydroxyl groups excluding tert-OH is 3. The monoisotopic (exact) mass is 806 g/mol. The average molecular weight is 806 g/mol.